The Morgan fingerprint density at radius 2 is 1.25 bits per heavy atom. The van der Waals surface area contributed by atoms with Gasteiger partial charge in [-0.3, -0.25) is 0 Å². The van der Waals surface area contributed by atoms with E-state index in [4.69, 9.17) is 23.7 Å². The van der Waals surface area contributed by atoms with Gasteiger partial charge >= 0.3 is 0 Å². The number of aliphatic hydroxyl groups excluding tert-OH is 1. The standard InChI is InChI=1S/C18H28O6/c19-16-15-14(23-18(24-15)9-5-2-6-10-18)13-12(21-16)11-20-17(22-13)7-3-1-4-8-17/h12-16,19H,1-11H2. The van der Waals surface area contributed by atoms with Crippen LogP contribution < -0.4 is 0 Å². The average Bonchev–Trinajstić information content (AvgIpc) is 2.97. The number of fused-ring (bicyclic) bond motifs is 3. The lowest BCUT2D eigenvalue weighted by Crippen LogP contribution is -2.64. The van der Waals surface area contributed by atoms with Crippen molar-refractivity contribution in [1.82, 2.24) is 0 Å². The molecule has 3 saturated heterocycles. The van der Waals surface area contributed by atoms with Gasteiger partial charge in [-0.25, -0.2) is 0 Å². The summed E-state index contributed by atoms with van der Waals surface area (Å²) >= 11 is 0. The molecule has 24 heavy (non-hydrogen) atoms. The highest BCUT2D eigenvalue weighted by atomic mass is 16.8. The Hall–Kier alpha value is -0.240. The number of aliphatic hydroxyl groups is 1. The Morgan fingerprint density at radius 1 is 0.667 bits per heavy atom. The molecule has 1 N–H and O–H groups in total. The molecule has 3 aliphatic heterocycles. The summed E-state index contributed by atoms with van der Waals surface area (Å²) in [5.41, 5.74) is 0. The molecule has 2 saturated carbocycles. The first-order valence-corrected chi connectivity index (χ1v) is 9.70. The minimum Gasteiger partial charge on any atom is -0.366 e. The first kappa shape index (κ1) is 16.0. The van der Waals surface area contributed by atoms with Crippen molar-refractivity contribution in [2.24, 2.45) is 0 Å². The quantitative estimate of drug-likeness (QED) is 0.729. The summed E-state index contributed by atoms with van der Waals surface area (Å²) in [5, 5.41) is 10.4. The predicted molar refractivity (Wildman–Crippen MR) is 83.1 cm³/mol. The molecule has 0 amide bonds. The second-order valence-corrected chi connectivity index (χ2v) is 8.07. The van der Waals surface area contributed by atoms with Crippen LogP contribution in [-0.2, 0) is 23.7 Å². The fourth-order valence-corrected chi connectivity index (χ4v) is 5.15. The van der Waals surface area contributed by atoms with E-state index in [9.17, 15) is 5.11 Å². The van der Waals surface area contributed by atoms with Gasteiger partial charge in [0.2, 0.25) is 0 Å². The van der Waals surface area contributed by atoms with Gasteiger partial charge in [-0.1, -0.05) is 12.8 Å². The lowest BCUT2D eigenvalue weighted by Gasteiger charge is -2.50. The van der Waals surface area contributed by atoms with E-state index in [1.807, 2.05) is 0 Å². The molecular weight excluding hydrogens is 312 g/mol. The van der Waals surface area contributed by atoms with E-state index in [1.54, 1.807) is 0 Å². The van der Waals surface area contributed by atoms with E-state index >= 15 is 0 Å². The van der Waals surface area contributed by atoms with Crippen LogP contribution in [0, 0.1) is 0 Å². The molecule has 5 aliphatic rings. The number of rotatable bonds is 0. The third-order valence-electron chi connectivity index (χ3n) is 6.40. The first-order chi connectivity index (χ1) is 11.7. The summed E-state index contributed by atoms with van der Waals surface area (Å²) in [6.07, 6.45) is 8.43. The van der Waals surface area contributed by atoms with E-state index in [2.05, 4.69) is 0 Å². The van der Waals surface area contributed by atoms with Crippen LogP contribution in [-0.4, -0.2) is 54.0 Å². The van der Waals surface area contributed by atoms with Crippen LogP contribution in [0.15, 0.2) is 0 Å². The van der Waals surface area contributed by atoms with E-state index < -0.39 is 24.0 Å². The van der Waals surface area contributed by atoms with Gasteiger partial charge in [0, 0.05) is 25.7 Å². The molecular formula is C18H28O6. The Balaban J connectivity index is 1.38. The van der Waals surface area contributed by atoms with Crippen molar-refractivity contribution in [3.05, 3.63) is 0 Å². The van der Waals surface area contributed by atoms with Crippen molar-refractivity contribution in [2.45, 2.75) is 106 Å². The summed E-state index contributed by atoms with van der Waals surface area (Å²) in [7, 11) is 0. The summed E-state index contributed by atoms with van der Waals surface area (Å²) in [6.45, 7) is 0.460. The summed E-state index contributed by atoms with van der Waals surface area (Å²) < 4.78 is 30.9. The molecule has 5 rings (SSSR count). The zero-order valence-corrected chi connectivity index (χ0v) is 14.2. The molecule has 2 spiro atoms. The minimum atomic E-state index is -0.967. The molecule has 5 fully saturated rings. The maximum absolute atomic E-state index is 10.4. The van der Waals surface area contributed by atoms with E-state index in [-0.39, 0.29) is 18.3 Å². The van der Waals surface area contributed by atoms with Gasteiger partial charge in [0.05, 0.1) is 6.61 Å². The summed E-state index contributed by atoms with van der Waals surface area (Å²) in [6, 6.07) is 0. The highest BCUT2D eigenvalue weighted by molar-refractivity contribution is 5.01. The number of hydrogen-bond acceptors (Lipinski definition) is 6. The number of hydrogen-bond donors (Lipinski definition) is 1. The van der Waals surface area contributed by atoms with Gasteiger partial charge in [-0.2, -0.15) is 0 Å². The lowest BCUT2D eigenvalue weighted by atomic mass is 9.90. The Labute approximate surface area is 142 Å². The second kappa shape index (κ2) is 5.89. The fraction of sp³-hybridized carbons (Fsp3) is 1.00. The van der Waals surface area contributed by atoms with Gasteiger partial charge in [0.25, 0.3) is 0 Å². The van der Waals surface area contributed by atoms with Crippen molar-refractivity contribution in [3.8, 4) is 0 Å². The van der Waals surface area contributed by atoms with Gasteiger partial charge in [-0.15, -0.1) is 0 Å². The van der Waals surface area contributed by atoms with Crippen molar-refractivity contribution < 1.29 is 28.8 Å². The highest BCUT2D eigenvalue weighted by Crippen LogP contribution is 2.48. The fourth-order valence-electron chi connectivity index (χ4n) is 5.15. The van der Waals surface area contributed by atoms with Crippen LogP contribution in [0.2, 0.25) is 0 Å². The van der Waals surface area contributed by atoms with Crippen LogP contribution in [0.1, 0.15) is 64.2 Å². The van der Waals surface area contributed by atoms with Gasteiger partial charge in [0.15, 0.2) is 17.9 Å². The summed E-state index contributed by atoms with van der Waals surface area (Å²) in [4.78, 5) is 0. The molecule has 5 unspecified atom stereocenters. The van der Waals surface area contributed by atoms with Crippen molar-refractivity contribution in [2.75, 3.05) is 6.61 Å². The van der Waals surface area contributed by atoms with E-state index in [1.165, 1.54) is 12.8 Å². The van der Waals surface area contributed by atoms with Crippen LogP contribution in [0.4, 0.5) is 0 Å². The topological polar surface area (TPSA) is 66.4 Å². The molecule has 6 nitrogen and oxygen atoms in total. The van der Waals surface area contributed by atoms with Crippen molar-refractivity contribution >= 4 is 0 Å². The molecule has 3 heterocycles. The predicted octanol–water partition coefficient (Wildman–Crippen LogP) is 2.22. The van der Waals surface area contributed by atoms with E-state index in [0.29, 0.717) is 6.61 Å². The smallest absolute Gasteiger partial charge is 0.184 e. The van der Waals surface area contributed by atoms with Gasteiger partial charge < -0.3 is 28.8 Å². The first-order valence-electron chi connectivity index (χ1n) is 9.70. The Bertz CT molecular complexity index is 470. The van der Waals surface area contributed by atoms with Gasteiger partial charge in [0.1, 0.15) is 24.4 Å². The van der Waals surface area contributed by atoms with Crippen molar-refractivity contribution in [3.63, 3.8) is 0 Å². The largest absolute Gasteiger partial charge is 0.366 e. The molecule has 5 atom stereocenters. The Kier molecular flexibility index (Phi) is 3.92. The SMILES string of the molecule is OC1OC2COC3(CCCCC3)OC2C2OC3(CCCCC3)OC12. The molecule has 2 aliphatic carbocycles. The summed E-state index contributed by atoms with van der Waals surface area (Å²) in [5.74, 6) is -1.03. The molecule has 0 aromatic rings. The van der Waals surface area contributed by atoms with Crippen LogP contribution in [0.25, 0.3) is 0 Å². The monoisotopic (exact) mass is 340 g/mol. The Morgan fingerprint density at radius 3 is 1.96 bits per heavy atom. The third-order valence-corrected chi connectivity index (χ3v) is 6.40. The van der Waals surface area contributed by atoms with Gasteiger partial charge in [-0.05, 0) is 25.7 Å². The normalized spacial score (nSPS) is 46.6. The lowest BCUT2D eigenvalue weighted by molar-refractivity contribution is -0.382. The molecule has 0 radical (unpaired) electrons. The maximum Gasteiger partial charge on any atom is 0.184 e. The molecule has 0 aromatic heterocycles. The average molecular weight is 340 g/mol. The third kappa shape index (κ3) is 2.54. The highest BCUT2D eigenvalue weighted by Gasteiger charge is 2.61. The molecule has 0 bridgehead atoms. The molecule has 0 aromatic carbocycles. The second-order valence-electron chi connectivity index (χ2n) is 8.07. The van der Waals surface area contributed by atoms with E-state index in [0.717, 1.165) is 51.4 Å². The van der Waals surface area contributed by atoms with Crippen molar-refractivity contribution in [1.29, 1.82) is 0 Å². The zero-order chi connectivity index (χ0) is 16.2. The minimum absolute atomic E-state index is 0.216. The maximum atomic E-state index is 10.4. The molecule has 136 valence electrons. The molecule has 6 heteroatoms. The van der Waals surface area contributed by atoms with Crippen LogP contribution in [0.5, 0.6) is 0 Å². The zero-order valence-electron chi connectivity index (χ0n) is 14.2. The van der Waals surface area contributed by atoms with Crippen LogP contribution >= 0.6 is 0 Å². The van der Waals surface area contributed by atoms with Crippen LogP contribution in [0.3, 0.4) is 0 Å². The number of ether oxygens (including phenoxy) is 5.